The van der Waals surface area contributed by atoms with Crippen LogP contribution in [-0.2, 0) is 6.42 Å². The Bertz CT molecular complexity index is 688. The summed E-state index contributed by atoms with van der Waals surface area (Å²) in [5, 5.41) is 2.11. The van der Waals surface area contributed by atoms with Gasteiger partial charge >= 0.3 is 5.69 Å². The molecule has 0 fully saturated rings. The van der Waals surface area contributed by atoms with Gasteiger partial charge in [-0.2, -0.15) is 0 Å². The van der Waals surface area contributed by atoms with Crippen LogP contribution in [0.2, 0.25) is 5.15 Å². The molecule has 1 atom stereocenters. The van der Waals surface area contributed by atoms with Crippen LogP contribution in [0, 0.1) is 0 Å². The molecular formula is C14H17ClN2O2S. The Balaban J connectivity index is 2.64. The summed E-state index contributed by atoms with van der Waals surface area (Å²) >= 11 is 7.54. The molecule has 1 N–H and O–H groups in total. The maximum Gasteiger partial charge on any atom is 0.330 e. The average molecular weight is 313 g/mol. The molecule has 2 rings (SSSR count). The summed E-state index contributed by atoms with van der Waals surface area (Å²) in [4.78, 5) is 28.3. The van der Waals surface area contributed by atoms with Crippen molar-refractivity contribution in [3.05, 3.63) is 53.9 Å². The summed E-state index contributed by atoms with van der Waals surface area (Å²) in [5.74, 6) is 0. The molecule has 0 spiro atoms. The minimum atomic E-state index is -0.444. The molecule has 0 aliphatic heterocycles. The Morgan fingerprint density at radius 3 is 2.70 bits per heavy atom. The van der Waals surface area contributed by atoms with E-state index in [0.717, 1.165) is 11.3 Å². The molecule has 6 heteroatoms. The van der Waals surface area contributed by atoms with Crippen molar-refractivity contribution < 1.29 is 0 Å². The quantitative estimate of drug-likeness (QED) is 0.862. The zero-order chi connectivity index (χ0) is 14.7. The van der Waals surface area contributed by atoms with Crippen molar-refractivity contribution in [2.45, 2.75) is 39.2 Å². The van der Waals surface area contributed by atoms with Gasteiger partial charge in [0.25, 0.3) is 5.56 Å². The normalized spacial score (nSPS) is 12.6. The summed E-state index contributed by atoms with van der Waals surface area (Å²) < 4.78 is 1.29. The number of hydrogen-bond acceptors (Lipinski definition) is 3. The van der Waals surface area contributed by atoms with E-state index in [9.17, 15) is 9.59 Å². The number of rotatable bonds is 5. The van der Waals surface area contributed by atoms with Gasteiger partial charge in [0.15, 0.2) is 0 Å². The number of halogens is 1. The Kier molecular flexibility index (Phi) is 4.83. The van der Waals surface area contributed by atoms with Gasteiger partial charge in [0.2, 0.25) is 0 Å². The fourth-order valence-electron chi connectivity index (χ4n) is 2.30. The van der Waals surface area contributed by atoms with Crippen LogP contribution in [0.15, 0.2) is 27.1 Å². The van der Waals surface area contributed by atoms with Crippen LogP contribution in [0.1, 0.15) is 43.2 Å². The van der Waals surface area contributed by atoms with Crippen LogP contribution in [0.4, 0.5) is 0 Å². The summed E-state index contributed by atoms with van der Waals surface area (Å²) in [6.07, 6.45) is 2.04. The second kappa shape index (κ2) is 6.41. The third kappa shape index (κ3) is 2.74. The first-order valence-electron chi connectivity index (χ1n) is 6.66. The van der Waals surface area contributed by atoms with Crippen molar-refractivity contribution in [3.63, 3.8) is 0 Å². The second-order valence-corrected chi connectivity index (χ2v) is 5.94. The number of H-pyrrole nitrogens is 1. The topological polar surface area (TPSA) is 54.9 Å². The Labute approximate surface area is 126 Å². The van der Waals surface area contributed by atoms with Crippen molar-refractivity contribution in [2.24, 2.45) is 0 Å². The van der Waals surface area contributed by atoms with Gasteiger partial charge < -0.3 is 0 Å². The molecule has 0 bridgehead atoms. The van der Waals surface area contributed by atoms with E-state index in [2.05, 4.69) is 4.98 Å². The van der Waals surface area contributed by atoms with Gasteiger partial charge in [0.05, 0.1) is 11.6 Å². The maximum atomic E-state index is 12.6. The zero-order valence-corrected chi connectivity index (χ0v) is 13.1. The molecule has 108 valence electrons. The van der Waals surface area contributed by atoms with E-state index in [1.165, 1.54) is 4.57 Å². The Morgan fingerprint density at radius 2 is 2.15 bits per heavy atom. The first kappa shape index (κ1) is 15.1. The molecule has 0 aromatic carbocycles. The molecule has 0 saturated carbocycles. The molecule has 0 amide bonds. The molecule has 1 unspecified atom stereocenters. The van der Waals surface area contributed by atoms with Crippen LogP contribution in [0.5, 0.6) is 0 Å². The van der Waals surface area contributed by atoms with Crippen LogP contribution < -0.4 is 11.2 Å². The van der Waals surface area contributed by atoms with Gasteiger partial charge in [0.1, 0.15) is 5.15 Å². The van der Waals surface area contributed by atoms with Crippen LogP contribution in [-0.4, -0.2) is 9.55 Å². The van der Waals surface area contributed by atoms with E-state index in [0.29, 0.717) is 18.4 Å². The fraction of sp³-hybridized carbons (Fsp3) is 0.429. The van der Waals surface area contributed by atoms with Gasteiger partial charge in [0, 0.05) is 4.88 Å². The van der Waals surface area contributed by atoms with E-state index in [4.69, 9.17) is 11.6 Å². The lowest BCUT2D eigenvalue weighted by Gasteiger charge is -2.17. The smallest absolute Gasteiger partial charge is 0.297 e. The first-order chi connectivity index (χ1) is 9.60. The predicted octanol–water partition coefficient (Wildman–Crippen LogP) is 3.20. The molecule has 0 aliphatic carbocycles. The van der Waals surface area contributed by atoms with Crippen molar-refractivity contribution in [1.29, 1.82) is 0 Å². The molecule has 4 nitrogen and oxygen atoms in total. The lowest BCUT2D eigenvalue weighted by molar-refractivity contribution is 0.523. The monoisotopic (exact) mass is 312 g/mol. The lowest BCUT2D eigenvalue weighted by atomic mass is 10.1. The summed E-state index contributed by atoms with van der Waals surface area (Å²) in [6, 6.07) is 3.63. The lowest BCUT2D eigenvalue weighted by Crippen LogP contribution is -2.40. The number of aromatic amines is 1. The molecule has 0 radical (unpaired) electrons. The molecule has 20 heavy (non-hydrogen) atoms. The van der Waals surface area contributed by atoms with Crippen molar-refractivity contribution in [1.82, 2.24) is 9.55 Å². The summed E-state index contributed by atoms with van der Waals surface area (Å²) in [5.41, 5.74) is -0.232. The van der Waals surface area contributed by atoms with Gasteiger partial charge in [-0.3, -0.25) is 14.3 Å². The highest BCUT2D eigenvalue weighted by molar-refractivity contribution is 7.10. The van der Waals surface area contributed by atoms with Gasteiger partial charge in [-0.1, -0.05) is 37.9 Å². The summed E-state index contributed by atoms with van der Waals surface area (Å²) in [6.45, 7) is 3.94. The average Bonchev–Trinajstić information content (AvgIpc) is 2.93. The van der Waals surface area contributed by atoms with Crippen molar-refractivity contribution in [2.75, 3.05) is 0 Å². The number of hydrogen-bond donors (Lipinski definition) is 1. The standard InChI is InChI=1S/C14H17ClN2O2S/c1-3-6-9-12(15)16-14(19)17(13(9)18)10(4-2)11-7-5-8-20-11/h5,7-8,10H,3-4,6H2,1-2H3,(H,16,19). The number of nitrogens with one attached hydrogen (secondary N) is 1. The third-order valence-corrected chi connectivity index (χ3v) is 4.54. The van der Waals surface area contributed by atoms with Crippen molar-refractivity contribution >= 4 is 22.9 Å². The molecule has 0 aliphatic rings. The highest BCUT2D eigenvalue weighted by atomic mass is 35.5. The van der Waals surface area contributed by atoms with E-state index in [1.54, 1.807) is 11.3 Å². The third-order valence-electron chi connectivity index (χ3n) is 3.25. The Hall–Kier alpha value is -1.33. The van der Waals surface area contributed by atoms with E-state index < -0.39 is 5.69 Å². The Morgan fingerprint density at radius 1 is 1.40 bits per heavy atom. The maximum absolute atomic E-state index is 12.6. The number of nitrogens with zero attached hydrogens (tertiary/aromatic N) is 1. The first-order valence-corrected chi connectivity index (χ1v) is 7.92. The van der Waals surface area contributed by atoms with Gasteiger partial charge in [-0.15, -0.1) is 11.3 Å². The van der Waals surface area contributed by atoms with E-state index in [-0.39, 0.29) is 16.8 Å². The van der Waals surface area contributed by atoms with Gasteiger partial charge in [-0.25, -0.2) is 4.79 Å². The second-order valence-electron chi connectivity index (χ2n) is 4.59. The zero-order valence-electron chi connectivity index (χ0n) is 11.5. The number of thiophene rings is 1. The molecular weight excluding hydrogens is 296 g/mol. The molecule has 2 aromatic rings. The highest BCUT2D eigenvalue weighted by Crippen LogP contribution is 2.24. The highest BCUT2D eigenvalue weighted by Gasteiger charge is 2.20. The minimum absolute atomic E-state index is 0.166. The SMILES string of the molecule is CCCc1c(Cl)[nH]c(=O)n(C(CC)c2cccs2)c1=O. The summed E-state index contributed by atoms with van der Waals surface area (Å²) in [7, 11) is 0. The molecule has 2 aromatic heterocycles. The number of aromatic nitrogens is 2. The van der Waals surface area contributed by atoms with E-state index >= 15 is 0 Å². The van der Waals surface area contributed by atoms with Gasteiger partial charge in [-0.05, 0) is 24.3 Å². The largest absolute Gasteiger partial charge is 0.330 e. The van der Waals surface area contributed by atoms with E-state index in [1.807, 2.05) is 31.4 Å². The molecule has 2 heterocycles. The van der Waals surface area contributed by atoms with Crippen LogP contribution >= 0.6 is 22.9 Å². The van der Waals surface area contributed by atoms with Crippen LogP contribution in [0.25, 0.3) is 0 Å². The van der Waals surface area contributed by atoms with Crippen LogP contribution in [0.3, 0.4) is 0 Å². The predicted molar refractivity (Wildman–Crippen MR) is 83.1 cm³/mol. The molecule has 0 saturated heterocycles. The fourth-order valence-corrected chi connectivity index (χ4v) is 3.46. The minimum Gasteiger partial charge on any atom is -0.297 e. The van der Waals surface area contributed by atoms with Crippen molar-refractivity contribution in [3.8, 4) is 0 Å².